The highest BCUT2D eigenvalue weighted by atomic mass is 35.5. The average molecular weight is 423 g/mol. The monoisotopic (exact) mass is 422 g/mol. The first-order valence-electron chi connectivity index (χ1n) is 9.15. The molecule has 1 aromatic carbocycles. The molecule has 3 rings (SSSR count). The minimum Gasteiger partial charge on any atom is -0.491 e. The number of aliphatic hydroxyl groups is 1. The SMILES string of the molecule is CN(CC(O)COc1ccc(C(F)(F)F)cc1)C(=O)C1C2CCC(C2)C1N.Cl. The quantitative estimate of drug-likeness (QED) is 0.739. The third-order valence-electron chi connectivity index (χ3n) is 5.75. The lowest BCUT2D eigenvalue weighted by atomic mass is 9.84. The molecule has 2 bridgehead atoms. The van der Waals surface area contributed by atoms with E-state index in [1.54, 1.807) is 7.05 Å². The highest BCUT2D eigenvalue weighted by Crippen LogP contribution is 2.48. The number of nitrogens with two attached hydrogens (primary N) is 1. The van der Waals surface area contributed by atoms with Crippen molar-refractivity contribution in [1.82, 2.24) is 4.90 Å². The molecule has 28 heavy (non-hydrogen) atoms. The lowest BCUT2D eigenvalue weighted by molar-refractivity contribution is -0.138. The van der Waals surface area contributed by atoms with Crippen LogP contribution in [0.15, 0.2) is 24.3 Å². The van der Waals surface area contributed by atoms with Crippen molar-refractivity contribution in [1.29, 1.82) is 0 Å². The first-order chi connectivity index (χ1) is 12.7. The number of hydrogen-bond donors (Lipinski definition) is 2. The molecule has 0 aliphatic heterocycles. The molecule has 9 heteroatoms. The molecule has 0 radical (unpaired) electrons. The van der Waals surface area contributed by atoms with Gasteiger partial charge in [0.1, 0.15) is 18.5 Å². The summed E-state index contributed by atoms with van der Waals surface area (Å²) in [5, 5.41) is 10.1. The van der Waals surface area contributed by atoms with Crippen molar-refractivity contribution in [2.24, 2.45) is 23.5 Å². The van der Waals surface area contributed by atoms with Gasteiger partial charge < -0.3 is 20.5 Å². The van der Waals surface area contributed by atoms with E-state index in [0.717, 1.165) is 31.4 Å². The van der Waals surface area contributed by atoms with Crippen molar-refractivity contribution < 1.29 is 27.8 Å². The van der Waals surface area contributed by atoms with Crippen molar-refractivity contribution in [3.05, 3.63) is 29.8 Å². The van der Waals surface area contributed by atoms with Crippen LogP contribution in [0.4, 0.5) is 13.2 Å². The van der Waals surface area contributed by atoms with Crippen LogP contribution in [0.25, 0.3) is 0 Å². The van der Waals surface area contributed by atoms with Crippen LogP contribution in [-0.2, 0) is 11.0 Å². The minimum atomic E-state index is -4.40. The summed E-state index contributed by atoms with van der Waals surface area (Å²) in [5.74, 6) is 0.747. The molecule has 5 atom stereocenters. The summed E-state index contributed by atoms with van der Waals surface area (Å²) in [7, 11) is 1.63. The molecule has 0 aromatic heterocycles. The Morgan fingerprint density at radius 1 is 1.29 bits per heavy atom. The van der Waals surface area contributed by atoms with Gasteiger partial charge in [-0.25, -0.2) is 0 Å². The summed E-state index contributed by atoms with van der Waals surface area (Å²) in [6, 6.07) is 4.15. The van der Waals surface area contributed by atoms with Gasteiger partial charge in [0.25, 0.3) is 0 Å². The van der Waals surface area contributed by atoms with Crippen molar-refractivity contribution in [2.45, 2.75) is 37.6 Å². The number of likely N-dealkylation sites (N-methyl/N-ethyl adjacent to an activating group) is 1. The van der Waals surface area contributed by atoms with E-state index >= 15 is 0 Å². The van der Waals surface area contributed by atoms with Crippen molar-refractivity contribution in [3.8, 4) is 5.75 Å². The Bertz CT molecular complexity index is 669. The molecule has 0 saturated heterocycles. The maximum atomic E-state index is 12.7. The molecule has 5 unspecified atom stereocenters. The number of rotatable bonds is 6. The van der Waals surface area contributed by atoms with Gasteiger partial charge in [-0.15, -0.1) is 12.4 Å². The number of halogens is 4. The number of amides is 1. The van der Waals surface area contributed by atoms with Gasteiger partial charge >= 0.3 is 6.18 Å². The van der Waals surface area contributed by atoms with Crippen molar-refractivity contribution >= 4 is 18.3 Å². The van der Waals surface area contributed by atoms with E-state index in [0.29, 0.717) is 11.8 Å². The van der Waals surface area contributed by atoms with Crippen LogP contribution in [0.5, 0.6) is 5.75 Å². The van der Waals surface area contributed by atoms with Crippen molar-refractivity contribution in [2.75, 3.05) is 20.2 Å². The second-order valence-electron chi connectivity index (χ2n) is 7.64. The predicted molar refractivity (Wildman–Crippen MR) is 100 cm³/mol. The van der Waals surface area contributed by atoms with E-state index in [1.165, 1.54) is 17.0 Å². The van der Waals surface area contributed by atoms with E-state index < -0.39 is 17.8 Å². The van der Waals surface area contributed by atoms with Gasteiger partial charge in [-0.2, -0.15) is 13.2 Å². The molecular weight excluding hydrogens is 397 g/mol. The number of benzene rings is 1. The van der Waals surface area contributed by atoms with Gasteiger partial charge in [0.2, 0.25) is 5.91 Å². The second kappa shape index (κ2) is 8.88. The fourth-order valence-electron chi connectivity index (χ4n) is 4.35. The zero-order chi connectivity index (χ0) is 19.8. The van der Waals surface area contributed by atoms with Crippen LogP contribution < -0.4 is 10.5 Å². The number of hydrogen-bond acceptors (Lipinski definition) is 4. The zero-order valence-electron chi connectivity index (χ0n) is 15.6. The molecule has 2 fully saturated rings. The standard InChI is InChI=1S/C19H25F3N2O3.ClH/c1-24(18(26)16-11-2-3-12(8-11)17(16)23)9-14(25)10-27-15-6-4-13(5-7-15)19(20,21)22;/h4-7,11-12,14,16-17,25H,2-3,8-10,23H2,1H3;1H. The molecule has 0 heterocycles. The number of carbonyl (C=O) groups is 1. The summed E-state index contributed by atoms with van der Waals surface area (Å²) in [6.45, 7) is -0.0359. The molecule has 0 spiro atoms. The Hall–Kier alpha value is -1.51. The van der Waals surface area contributed by atoms with Gasteiger partial charge in [-0.05, 0) is 55.4 Å². The number of alkyl halides is 3. The molecule has 1 amide bonds. The summed E-state index contributed by atoms with van der Waals surface area (Å²) in [4.78, 5) is 14.2. The fraction of sp³-hybridized carbons (Fsp3) is 0.632. The summed E-state index contributed by atoms with van der Waals surface area (Å²) < 4.78 is 42.9. The molecule has 2 aliphatic rings. The normalized spacial score (nSPS) is 27.2. The topological polar surface area (TPSA) is 75.8 Å². The smallest absolute Gasteiger partial charge is 0.416 e. The first kappa shape index (κ1) is 22.8. The van der Waals surface area contributed by atoms with Gasteiger partial charge in [0, 0.05) is 19.6 Å². The summed E-state index contributed by atoms with van der Waals surface area (Å²) in [6.07, 6.45) is -2.23. The number of aliphatic hydroxyl groups excluding tert-OH is 1. The van der Waals surface area contributed by atoms with E-state index in [4.69, 9.17) is 10.5 Å². The molecule has 2 saturated carbocycles. The average Bonchev–Trinajstić information content (AvgIpc) is 3.20. The number of carbonyl (C=O) groups excluding carboxylic acids is 1. The zero-order valence-corrected chi connectivity index (χ0v) is 16.4. The molecular formula is C19H26ClF3N2O3. The maximum absolute atomic E-state index is 12.7. The maximum Gasteiger partial charge on any atom is 0.416 e. The van der Waals surface area contributed by atoms with Crippen LogP contribution in [0.3, 0.4) is 0 Å². The Labute approximate surface area is 168 Å². The Morgan fingerprint density at radius 3 is 2.43 bits per heavy atom. The highest BCUT2D eigenvalue weighted by molar-refractivity contribution is 5.85. The first-order valence-corrected chi connectivity index (χ1v) is 9.15. The lowest BCUT2D eigenvalue weighted by Crippen LogP contribution is -2.48. The molecule has 158 valence electrons. The fourth-order valence-corrected chi connectivity index (χ4v) is 4.35. The number of nitrogens with zero attached hydrogens (tertiary/aromatic N) is 1. The third kappa shape index (κ3) is 4.90. The predicted octanol–water partition coefficient (Wildman–Crippen LogP) is 2.70. The van der Waals surface area contributed by atoms with Gasteiger partial charge in [-0.1, -0.05) is 0 Å². The Morgan fingerprint density at radius 2 is 1.89 bits per heavy atom. The van der Waals surface area contributed by atoms with Gasteiger partial charge in [-0.3, -0.25) is 4.79 Å². The van der Waals surface area contributed by atoms with Crippen LogP contribution in [-0.4, -0.2) is 48.3 Å². The molecule has 2 aliphatic carbocycles. The molecule has 3 N–H and O–H groups in total. The van der Waals surface area contributed by atoms with Gasteiger partial charge in [0.05, 0.1) is 11.5 Å². The van der Waals surface area contributed by atoms with Gasteiger partial charge in [0.15, 0.2) is 0 Å². The second-order valence-corrected chi connectivity index (χ2v) is 7.64. The minimum absolute atomic E-state index is 0. The van der Waals surface area contributed by atoms with Crippen LogP contribution in [0.1, 0.15) is 24.8 Å². The third-order valence-corrected chi connectivity index (χ3v) is 5.75. The number of ether oxygens (including phenoxy) is 1. The Kier molecular flexibility index (Phi) is 7.22. The number of fused-ring (bicyclic) bond motifs is 2. The lowest BCUT2D eigenvalue weighted by Gasteiger charge is -2.31. The van der Waals surface area contributed by atoms with E-state index in [-0.39, 0.29) is 49.2 Å². The van der Waals surface area contributed by atoms with E-state index in [1.807, 2.05) is 0 Å². The van der Waals surface area contributed by atoms with Crippen LogP contribution in [0, 0.1) is 17.8 Å². The molecule has 1 aromatic rings. The summed E-state index contributed by atoms with van der Waals surface area (Å²) in [5.41, 5.74) is 5.44. The van der Waals surface area contributed by atoms with E-state index in [2.05, 4.69) is 0 Å². The van der Waals surface area contributed by atoms with Crippen LogP contribution >= 0.6 is 12.4 Å². The largest absolute Gasteiger partial charge is 0.491 e. The Balaban J connectivity index is 0.00000280. The summed E-state index contributed by atoms with van der Waals surface area (Å²) >= 11 is 0. The van der Waals surface area contributed by atoms with Crippen molar-refractivity contribution in [3.63, 3.8) is 0 Å². The highest BCUT2D eigenvalue weighted by Gasteiger charge is 2.49. The van der Waals surface area contributed by atoms with E-state index in [9.17, 15) is 23.1 Å². The molecule has 5 nitrogen and oxygen atoms in total. The van der Waals surface area contributed by atoms with Crippen LogP contribution in [0.2, 0.25) is 0 Å².